The fraction of sp³-hybridized carbons (Fsp3) is 0.455. The lowest BCUT2D eigenvalue weighted by Gasteiger charge is -2.05. The summed E-state index contributed by atoms with van der Waals surface area (Å²) in [4.78, 5) is 10.4. The zero-order chi connectivity index (χ0) is 12.0. The van der Waals surface area contributed by atoms with Crippen LogP contribution in [0.4, 0.5) is 0 Å². The first-order valence-corrected chi connectivity index (χ1v) is 5.24. The predicted octanol–water partition coefficient (Wildman–Crippen LogP) is -0.370. The smallest absolute Gasteiger partial charge is 0.320 e. The number of pyridine rings is 1. The van der Waals surface area contributed by atoms with Crippen LogP contribution in [0, 0.1) is 0 Å². The Balaban J connectivity index is 2.23. The Kier molecular flexibility index (Phi) is 4.72. The van der Waals surface area contributed by atoms with Gasteiger partial charge in [0.05, 0.1) is 0 Å². The van der Waals surface area contributed by atoms with Crippen LogP contribution < -0.4 is 15.4 Å². The highest BCUT2D eigenvalue weighted by molar-refractivity contribution is 5.72. The average molecular weight is 224 g/mol. The largest absolute Gasteiger partial charge is 0.868 e. The van der Waals surface area contributed by atoms with E-state index in [1.807, 2.05) is 6.20 Å². The van der Waals surface area contributed by atoms with Crippen LogP contribution in [-0.2, 0) is 11.3 Å². The van der Waals surface area contributed by atoms with E-state index in [4.69, 9.17) is 10.8 Å². The summed E-state index contributed by atoms with van der Waals surface area (Å²) in [7, 11) is 0. The molecule has 0 fully saturated rings. The molecule has 3 N–H and O–H groups in total. The lowest BCUT2D eigenvalue weighted by atomic mass is 10.1. The molecule has 0 aromatic carbocycles. The van der Waals surface area contributed by atoms with Crippen LogP contribution in [0.25, 0.3) is 0 Å². The molecule has 1 aromatic rings. The summed E-state index contributed by atoms with van der Waals surface area (Å²) in [5, 5.41) is 19.6. The van der Waals surface area contributed by atoms with Crippen molar-refractivity contribution in [1.82, 2.24) is 0 Å². The van der Waals surface area contributed by atoms with Gasteiger partial charge < -0.3 is 15.9 Å². The number of aryl methyl sites for hydroxylation is 1. The minimum absolute atomic E-state index is 0.0234. The zero-order valence-electron chi connectivity index (χ0n) is 9.00. The van der Waals surface area contributed by atoms with Crippen LogP contribution >= 0.6 is 0 Å². The number of nitrogens with two attached hydrogens (primary N) is 1. The van der Waals surface area contributed by atoms with Crippen LogP contribution in [0.5, 0.6) is 5.75 Å². The maximum absolute atomic E-state index is 11.0. The molecule has 0 bridgehead atoms. The van der Waals surface area contributed by atoms with Crippen molar-refractivity contribution in [2.45, 2.75) is 31.8 Å². The Morgan fingerprint density at radius 2 is 2.31 bits per heavy atom. The summed E-state index contributed by atoms with van der Waals surface area (Å²) in [5.41, 5.74) is 5.36. The van der Waals surface area contributed by atoms with E-state index in [0.717, 1.165) is 12.8 Å². The lowest BCUT2D eigenvalue weighted by Crippen LogP contribution is -2.34. The van der Waals surface area contributed by atoms with Crippen molar-refractivity contribution >= 4 is 5.97 Å². The topological polar surface area (TPSA) is 90.3 Å². The third kappa shape index (κ3) is 4.27. The molecule has 0 amide bonds. The molecule has 0 saturated heterocycles. The van der Waals surface area contributed by atoms with Crippen LogP contribution in [-0.4, -0.2) is 17.1 Å². The standard InChI is InChI=1S/C11H16N2O3/c12-10(11(15)16)5-1-2-6-13-7-3-4-9(14)8-13/h3-4,7-8,10H,1-2,5-6,12H2,(H-,14,15,16)/t10-/m0/s1. The SMILES string of the molecule is N[C@@H](CCCC[n+]1cccc([O-])c1)C(=O)O. The average Bonchev–Trinajstić information content (AvgIpc) is 2.24. The number of unbranched alkanes of at least 4 members (excludes halogenated alkanes) is 1. The number of aromatic nitrogens is 1. The number of hydrogen-bond donors (Lipinski definition) is 2. The van der Waals surface area contributed by atoms with E-state index >= 15 is 0 Å². The van der Waals surface area contributed by atoms with E-state index < -0.39 is 12.0 Å². The first kappa shape index (κ1) is 12.4. The molecule has 0 spiro atoms. The molecular weight excluding hydrogens is 208 g/mol. The molecule has 0 aliphatic heterocycles. The third-order valence-electron chi connectivity index (χ3n) is 2.33. The molecule has 88 valence electrons. The third-order valence-corrected chi connectivity index (χ3v) is 2.33. The van der Waals surface area contributed by atoms with Gasteiger partial charge in [-0.25, -0.2) is 4.57 Å². The Morgan fingerprint density at radius 1 is 1.56 bits per heavy atom. The molecule has 0 aliphatic rings. The molecule has 0 unspecified atom stereocenters. The molecule has 0 aliphatic carbocycles. The Hall–Kier alpha value is -1.62. The molecule has 5 nitrogen and oxygen atoms in total. The van der Waals surface area contributed by atoms with Gasteiger partial charge >= 0.3 is 5.97 Å². The lowest BCUT2D eigenvalue weighted by molar-refractivity contribution is -0.699. The minimum Gasteiger partial charge on any atom is -0.868 e. The molecule has 1 heterocycles. The second-order valence-electron chi connectivity index (χ2n) is 3.72. The van der Waals surface area contributed by atoms with E-state index in [0.29, 0.717) is 13.0 Å². The number of rotatable bonds is 6. The van der Waals surface area contributed by atoms with E-state index in [1.165, 1.54) is 12.3 Å². The van der Waals surface area contributed by atoms with Crippen molar-refractivity contribution in [3.8, 4) is 5.75 Å². The number of carboxylic acids is 1. The minimum atomic E-state index is -0.964. The van der Waals surface area contributed by atoms with Crippen LogP contribution in [0.1, 0.15) is 19.3 Å². The second kappa shape index (κ2) is 6.07. The van der Waals surface area contributed by atoms with Crippen molar-refractivity contribution in [3.63, 3.8) is 0 Å². The van der Waals surface area contributed by atoms with E-state index in [-0.39, 0.29) is 5.75 Å². The van der Waals surface area contributed by atoms with Gasteiger partial charge in [-0.3, -0.25) is 4.79 Å². The monoisotopic (exact) mass is 224 g/mol. The Labute approximate surface area is 94.1 Å². The van der Waals surface area contributed by atoms with Crippen molar-refractivity contribution in [2.75, 3.05) is 0 Å². The molecule has 0 saturated carbocycles. The molecular formula is C11H16N2O3. The van der Waals surface area contributed by atoms with Gasteiger partial charge in [-0.2, -0.15) is 0 Å². The van der Waals surface area contributed by atoms with Gasteiger partial charge in [-0.15, -0.1) is 0 Å². The summed E-state index contributed by atoms with van der Waals surface area (Å²) in [6, 6.07) is 2.41. The van der Waals surface area contributed by atoms with Crippen molar-refractivity contribution < 1.29 is 19.6 Å². The first-order valence-electron chi connectivity index (χ1n) is 5.24. The summed E-state index contributed by atoms with van der Waals surface area (Å²) < 4.78 is 1.80. The van der Waals surface area contributed by atoms with Gasteiger partial charge in [0.15, 0.2) is 12.4 Å². The molecule has 0 radical (unpaired) electrons. The Morgan fingerprint density at radius 3 is 2.94 bits per heavy atom. The fourth-order valence-corrected chi connectivity index (χ4v) is 1.42. The highest BCUT2D eigenvalue weighted by Gasteiger charge is 2.10. The molecule has 5 heteroatoms. The summed E-state index contributed by atoms with van der Waals surface area (Å²) in [5.74, 6) is -0.987. The van der Waals surface area contributed by atoms with Gasteiger partial charge in [-0.1, -0.05) is 6.07 Å². The normalized spacial score (nSPS) is 12.3. The Bertz CT molecular complexity index is 355. The van der Waals surface area contributed by atoms with Gasteiger partial charge in [0.2, 0.25) is 0 Å². The highest BCUT2D eigenvalue weighted by Crippen LogP contribution is 2.00. The summed E-state index contributed by atoms with van der Waals surface area (Å²) >= 11 is 0. The first-order chi connectivity index (χ1) is 7.59. The molecule has 1 aromatic heterocycles. The molecule has 16 heavy (non-hydrogen) atoms. The van der Waals surface area contributed by atoms with Crippen LogP contribution in [0.2, 0.25) is 0 Å². The van der Waals surface area contributed by atoms with Gasteiger partial charge in [0, 0.05) is 12.5 Å². The van der Waals surface area contributed by atoms with E-state index in [1.54, 1.807) is 10.6 Å². The summed E-state index contributed by atoms with van der Waals surface area (Å²) in [6.07, 6.45) is 5.36. The fourth-order valence-electron chi connectivity index (χ4n) is 1.42. The maximum atomic E-state index is 11.0. The zero-order valence-corrected chi connectivity index (χ0v) is 9.00. The van der Waals surface area contributed by atoms with Gasteiger partial charge in [-0.05, 0) is 18.6 Å². The highest BCUT2D eigenvalue weighted by atomic mass is 16.4. The van der Waals surface area contributed by atoms with E-state index in [9.17, 15) is 9.90 Å². The number of carboxylic acid groups (broad SMARTS) is 1. The predicted molar refractivity (Wildman–Crippen MR) is 55.5 cm³/mol. The van der Waals surface area contributed by atoms with Crippen LogP contribution in [0.3, 0.4) is 0 Å². The van der Waals surface area contributed by atoms with Crippen molar-refractivity contribution in [3.05, 3.63) is 24.5 Å². The number of carbonyl (C=O) groups is 1. The maximum Gasteiger partial charge on any atom is 0.320 e. The number of nitrogens with zero attached hydrogens (tertiary/aromatic N) is 1. The van der Waals surface area contributed by atoms with Crippen LogP contribution in [0.15, 0.2) is 24.5 Å². The van der Waals surface area contributed by atoms with Crippen molar-refractivity contribution in [2.24, 2.45) is 5.73 Å². The van der Waals surface area contributed by atoms with E-state index in [2.05, 4.69) is 0 Å². The molecule has 1 rings (SSSR count). The summed E-state index contributed by atoms with van der Waals surface area (Å²) in [6.45, 7) is 0.711. The van der Waals surface area contributed by atoms with Crippen molar-refractivity contribution in [1.29, 1.82) is 0 Å². The number of aliphatic carboxylic acids is 1. The number of hydrogen-bond acceptors (Lipinski definition) is 3. The molecule has 1 atom stereocenters. The van der Waals surface area contributed by atoms with Gasteiger partial charge in [0.1, 0.15) is 12.6 Å². The second-order valence-corrected chi connectivity index (χ2v) is 3.72. The quantitative estimate of drug-likeness (QED) is 0.509. The van der Waals surface area contributed by atoms with Gasteiger partial charge in [0.25, 0.3) is 0 Å².